The number of amides is 1. The van der Waals surface area contributed by atoms with Crippen LogP contribution in [0.1, 0.15) is 12.5 Å². The minimum atomic E-state index is -3.51. The number of carbonyl (C=O) groups is 1. The molecular formula is C20H24ClN3O3S. The number of hydrogen-bond donors (Lipinski definition) is 1. The highest BCUT2D eigenvalue weighted by atomic mass is 35.5. The summed E-state index contributed by atoms with van der Waals surface area (Å²) < 4.78 is 27.1. The van der Waals surface area contributed by atoms with Crippen LogP contribution in [0, 0.1) is 6.92 Å². The zero-order chi connectivity index (χ0) is 20.3. The normalized spacial score (nSPS) is 17.2. The van der Waals surface area contributed by atoms with Crippen molar-refractivity contribution >= 4 is 33.2 Å². The van der Waals surface area contributed by atoms with Crippen molar-refractivity contribution in [1.82, 2.24) is 9.21 Å². The molecule has 2 aromatic carbocycles. The second-order valence-electron chi connectivity index (χ2n) is 6.93. The predicted molar refractivity (Wildman–Crippen MR) is 111 cm³/mol. The van der Waals surface area contributed by atoms with Crippen molar-refractivity contribution in [3.8, 4) is 0 Å². The molecule has 1 unspecified atom stereocenters. The monoisotopic (exact) mass is 421 g/mol. The number of benzene rings is 2. The number of piperazine rings is 1. The first-order valence-corrected chi connectivity index (χ1v) is 11.0. The molecule has 0 radical (unpaired) electrons. The van der Waals surface area contributed by atoms with Crippen molar-refractivity contribution < 1.29 is 13.2 Å². The Bertz CT molecular complexity index is 922. The predicted octanol–water partition coefficient (Wildman–Crippen LogP) is 2.98. The number of nitrogens with one attached hydrogen (secondary N) is 1. The molecule has 0 aromatic heterocycles. The molecule has 6 nitrogen and oxygen atoms in total. The zero-order valence-electron chi connectivity index (χ0n) is 15.9. The van der Waals surface area contributed by atoms with E-state index < -0.39 is 10.0 Å². The maximum Gasteiger partial charge on any atom is 0.243 e. The summed E-state index contributed by atoms with van der Waals surface area (Å²) in [6.07, 6.45) is 0. The van der Waals surface area contributed by atoms with Crippen LogP contribution >= 0.6 is 11.6 Å². The Hall–Kier alpha value is -1.93. The second kappa shape index (κ2) is 8.61. The molecule has 1 saturated heterocycles. The molecule has 1 N–H and O–H groups in total. The molecule has 1 heterocycles. The molecule has 0 bridgehead atoms. The third-order valence-electron chi connectivity index (χ3n) is 4.97. The highest BCUT2D eigenvalue weighted by molar-refractivity contribution is 7.89. The molecule has 1 aliphatic heterocycles. The molecule has 1 amide bonds. The van der Waals surface area contributed by atoms with Crippen molar-refractivity contribution in [2.24, 2.45) is 0 Å². The quantitative estimate of drug-likeness (QED) is 0.805. The Balaban J connectivity index is 1.58. The number of carbonyl (C=O) groups excluding carboxylic acids is 1. The van der Waals surface area contributed by atoms with Crippen LogP contribution in [0.25, 0.3) is 0 Å². The van der Waals surface area contributed by atoms with Gasteiger partial charge >= 0.3 is 0 Å². The molecule has 3 rings (SSSR count). The van der Waals surface area contributed by atoms with E-state index in [0.717, 1.165) is 5.56 Å². The average molecular weight is 422 g/mol. The first kappa shape index (κ1) is 20.8. The van der Waals surface area contributed by atoms with Crippen LogP contribution in [0.5, 0.6) is 0 Å². The first-order valence-electron chi connectivity index (χ1n) is 9.15. The summed E-state index contributed by atoms with van der Waals surface area (Å²) in [5.41, 5.74) is 1.70. The van der Waals surface area contributed by atoms with E-state index in [1.165, 1.54) is 4.31 Å². The summed E-state index contributed by atoms with van der Waals surface area (Å²) in [6, 6.07) is 13.4. The Morgan fingerprint density at radius 3 is 2.14 bits per heavy atom. The fourth-order valence-corrected chi connectivity index (χ4v) is 4.68. The van der Waals surface area contributed by atoms with Crippen LogP contribution < -0.4 is 5.32 Å². The number of halogens is 1. The van der Waals surface area contributed by atoms with Crippen LogP contribution in [-0.4, -0.2) is 55.8 Å². The van der Waals surface area contributed by atoms with E-state index in [-0.39, 0.29) is 11.9 Å². The van der Waals surface area contributed by atoms with Crippen LogP contribution in [-0.2, 0) is 14.8 Å². The van der Waals surface area contributed by atoms with Gasteiger partial charge in [0, 0.05) is 36.9 Å². The van der Waals surface area contributed by atoms with Gasteiger partial charge in [-0.25, -0.2) is 8.42 Å². The average Bonchev–Trinajstić information content (AvgIpc) is 2.69. The van der Waals surface area contributed by atoms with Gasteiger partial charge < -0.3 is 5.32 Å². The van der Waals surface area contributed by atoms with Crippen LogP contribution in [0.4, 0.5) is 5.69 Å². The fraction of sp³-hybridized carbons (Fsp3) is 0.350. The van der Waals surface area contributed by atoms with E-state index in [0.29, 0.717) is 41.8 Å². The summed E-state index contributed by atoms with van der Waals surface area (Å²) in [5, 5.41) is 3.48. The number of nitrogens with zero attached hydrogens (tertiary/aromatic N) is 2. The van der Waals surface area contributed by atoms with Gasteiger partial charge in [0.2, 0.25) is 15.9 Å². The Kier molecular flexibility index (Phi) is 6.40. The van der Waals surface area contributed by atoms with Gasteiger partial charge in [0.05, 0.1) is 10.9 Å². The molecule has 28 heavy (non-hydrogen) atoms. The highest BCUT2D eigenvalue weighted by Crippen LogP contribution is 2.20. The summed E-state index contributed by atoms with van der Waals surface area (Å²) in [4.78, 5) is 14.8. The molecule has 1 fully saturated rings. The Labute approximate surface area is 171 Å². The maximum absolute atomic E-state index is 12.8. The topological polar surface area (TPSA) is 69.7 Å². The summed E-state index contributed by atoms with van der Waals surface area (Å²) in [6.45, 7) is 5.46. The third kappa shape index (κ3) is 4.72. The molecular weight excluding hydrogens is 398 g/mol. The molecule has 1 atom stereocenters. The summed E-state index contributed by atoms with van der Waals surface area (Å²) >= 11 is 5.86. The van der Waals surface area contributed by atoms with Crippen molar-refractivity contribution in [3.63, 3.8) is 0 Å². The van der Waals surface area contributed by atoms with Gasteiger partial charge in [-0.15, -0.1) is 0 Å². The van der Waals surface area contributed by atoms with E-state index in [1.54, 1.807) is 48.5 Å². The molecule has 8 heteroatoms. The molecule has 2 aromatic rings. The number of hydrogen-bond acceptors (Lipinski definition) is 4. The number of aryl methyl sites for hydroxylation is 1. The maximum atomic E-state index is 12.8. The van der Waals surface area contributed by atoms with Gasteiger partial charge in [-0.05, 0) is 50.2 Å². The van der Waals surface area contributed by atoms with E-state index >= 15 is 0 Å². The zero-order valence-corrected chi connectivity index (χ0v) is 17.5. The van der Waals surface area contributed by atoms with Crippen molar-refractivity contribution in [1.29, 1.82) is 0 Å². The van der Waals surface area contributed by atoms with Gasteiger partial charge in [-0.2, -0.15) is 4.31 Å². The van der Waals surface area contributed by atoms with Crippen molar-refractivity contribution in [2.45, 2.75) is 24.8 Å². The van der Waals surface area contributed by atoms with Crippen LogP contribution in [0.15, 0.2) is 53.4 Å². The van der Waals surface area contributed by atoms with Gasteiger partial charge in [0.25, 0.3) is 0 Å². The fourth-order valence-electron chi connectivity index (χ4n) is 3.14. The minimum Gasteiger partial charge on any atom is -0.325 e. The van der Waals surface area contributed by atoms with Gasteiger partial charge in [0.15, 0.2) is 0 Å². The SMILES string of the molecule is Cc1ccc(S(=O)(=O)N2CCN(C(C)C(=O)Nc3ccc(Cl)cc3)CC2)cc1. The summed E-state index contributed by atoms with van der Waals surface area (Å²) in [7, 11) is -3.51. The Morgan fingerprint density at radius 2 is 1.57 bits per heavy atom. The van der Waals surface area contributed by atoms with Crippen molar-refractivity contribution in [3.05, 3.63) is 59.1 Å². The van der Waals surface area contributed by atoms with Crippen molar-refractivity contribution in [2.75, 3.05) is 31.5 Å². The lowest BCUT2D eigenvalue weighted by molar-refractivity contribution is -0.121. The number of anilines is 1. The van der Waals surface area contributed by atoms with Gasteiger partial charge in [0.1, 0.15) is 0 Å². The molecule has 0 saturated carbocycles. The van der Waals surface area contributed by atoms with E-state index in [9.17, 15) is 13.2 Å². The summed E-state index contributed by atoms with van der Waals surface area (Å²) in [5.74, 6) is -0.128. The smallest absolute Gasteiger partial charge is 0.243 e. The minimum absolute atomic E-state index is 0.128. The molecule has 1 aliphatic rings. The van der Waals surface area contributed by atoms with E-state index in [4.69, 9.17) is 11.6 Å². The lowest BCUT2D eigenvalue weighted by Crippen LogP contribution is -2.53. The van der Waals surface area contributed by atoms with Gasteiger partial charge in [-0.1, -0.05) is 29.3 Å². The highest BCUT2D eigenvalue weighted by Gasteiger charge is 2.31. The van der Waals surface area contributed by atoms with Crippen LogP contribution in [0.2, 0.25) is 5.02 Å². The lowest BCUT2D eigenvalue weighted by Gasteiger charge is -2.36. The first-order chi connectivity index (χ1) is 13.3. The largest absolute Gasteiger partial charge is 0.325 e. The van der Waals surface area contributed by atoms with Gasteiger partial charge in [-0.3, -0.25) is 9.69 Å². The van der Waals surface area contributed by atoms with Crippen LogP contribution in [0.3, 0.4) is 0 Å². The molecule has 150 valence electrons. The van der Waals surface area contributed by atoms with E-state index in [1.807, 2.05) is 18.7 Å². The third-order valence-corrected chi connectivity index (χ3v) is 7.14. The number of sulfonamides is 1. The molecule has 0 aliphatic carbocycles. The Morgan fingerprint density at radius 1 is 1.00 bits per heavy atom. The molecule has 0 spiro atoms. The lowest BCUT2D eigenvalue weighted by atomic mass is 10.2. The standard InChI is InChI=1S/C20H24ClN3O3S/c1-15-3-9-19(10-4-15)28(26,27)24-13-11-23(12-14-24)16(2)20(25)22-18-7-5-17(21)6-8-18/h3-10,16H,11-14H2,1-2H3,(H,22,25). The second-order valence-corrected chi connectivity index (χ2v) is 9.30. The van der Waals surface area contributed by atoms with E-state index in [2.05, 4.69) is 5.32 Å². The number of rotatable bonds is 5.